The number of aromatic amines is 1. The summed E-state index contributed by atoms with van der Waals surface area (Å²) >= 11 is 0. The highest BCUT2D eigenvalue weighted by Gasteiger charge is 2.17. The number of imidazole rings is 1. The van der Waals surface area contributed by atoms with Crippen molar-refractivity contribution in [1.82, 2.24) is 15.3 Å². The van der Waals surface area contributed by atoms with E-state index in [1.54, 1.807) is 12.1 Å². The highest BCUT2D eigenvalue weighted by atomic mass is 19.1. The van der Waals surface area contributed by atoms with Crippen molar-refractivity contribution in [2.45, 2.75) is 19.9 Å². The summed E-state index contributed by atoms with van der Waals surface area (Å²) in [5.74, 6) is -0.347. The summed E-state index contributed by atoms with van der Waals surface area (Å²) in [5.41, 5.74) is 2.92. The second-order valence-electron chi connectivity index (χ2n) is 5.32. The van der Waals surface area contributed by atoms with Gasteiger partial charge in [-0.1, -0.05) is 18.2 Å². The van der Waals surface area contributed by atoms with Crippen molar-refractivity contribution >= 4 is 16.9 Å². The fraction of sp³-hybridized carbons (Fsp3) is 0.176. The summed E-state index contributed by atoms with van der Waals surface area (Å²) in [7, 11) is 0. The van der Waals surface area contributed by atoms with Crippen LogP contribution in [0, 0.1) is 12.7 Å². The number of halogens is 1. The lowest BCUT2D eigenvalue weighted by molar-refractivity contribution is 0.0934. The van der Waals surface area contributed by atoms with Crippen LogP contribution in [0.4, 0.5) is 4.39 Å². The normalized spacial score (nSPS) is 12.3. The van der Waals surface area contributed by atoms with Gasteiger partial charge in [-0.3, -0.25) is 4.79 Å². The van der Waals surface area contributed by atoms with Gasteiger partial charge >= 0.3 is 0 Å². The average molecular weight is 297 g/mol. The number of hydrogen-bond acceptors (Lipinski definition) is 2. The number of rotatable bonds is 3. The molecule has 1 heterocycles. The number of benzene rings is 2. The van der Waals surface area contributed by atoms with Crippen LogP contribution in [0.3, 0.4) is 0 Å². The first-order valence-corrected chi connectivity index (χ1v) is 7.06. The number of carbonyl (C=O) groups is 1. The standard InChI is InChI=1S/C17H16FN3O/c1-10-7-8-14-15(9-10)21-16(20-14)11(2)19-17(22)12-5-3-4-6-13(12)18/h3-9,11H,1-2H3,(H,19,22)(H,20,21)/t11-/m0/s1. The molecule has 2 N–H and O–H groups in total. The summed E-state index contributed by atoms with van der Waals surface area (Å²) in [6.45, 7) is 3.81. The predicted octanol–water partition coefficient (Wildman–Crippen LogP) is 3.50. The maximum absolute atomic E-state index is 13.6. The first kappa shape index (κ1) is 14.3. The predicted molar refractivity (Wildman–Crippen MR) is 83.1 cm³/mol. The van der Waals surface area contributed by atoms with Crippen LogP contribution in [-0.4, -0.2) is 15.9 Å². The Morgan fingerprint density at radius 2 is 2.05 bits per heavy atom. The van der Waals surface area contributed by atoms with E-state index in [0.29, 0.717) is 5.82 Å². The molecule has 4 nitrogen and oxygen atoms in total. The molecule has 2 aromatic carbocycles. The molecule has 0 fully saturated rings. The van der Waals surface area contributed by atoms with Crippen molar-refractivity contribution in [2.75, 3.05) is 0 Å². The lowest BCUT2D eigenvalue weighted by Crippen LogP contribution is -2.28. The van der Waals surface area contributed by atoms with Crippen molar-refractivity contribution < 1.29 is 9.18 Å². The topological polar surface area (TPSA) is 57.8 Å². The molecule has 0 aliphatic heterocycles. The summed E-state index contributed by atoms with van der Waals surface area (Å²) in [6, 6.07) is 11.5. The zero-order valence-electron chi connectivity index (χ0n) is 12.4. The molecule has 1 atom stereocenters. The van der Waals surface area contributed by atoms with E-state index in [2.05, 4.69) is 15.3 Å². The molecule has 112 valence electrons. The van der Waals surface area contributed by atoms with Crippen molar-refractivity contribution in [3.05, 3.63) is 65.2 Å². The van der Waals surface area contributed by atoms with Gasteiger partial charge in [0.25, 0.3) is 5.91 Å². The molecule has 5 heteroatoms. The van der Waals surface area contributed by atoms with Crippen LogP contribution in [-0.2, 0) is 0 Å². The number of amides is 1. The van der Waals surface area contributed by atoms with Gasteiger partial charge in [-0.15, -0.1) is 0 Å². The first-order chi connectivity index (χ1) is 10.5. The van der Waals surface area contributed by atoms with Gasteiger partial charge in [-0.25, -0.2) is 9.37 Å². The van der Waals surface area contributed by atoms with E-state index in [4.69, 9.17) is 0 Å². The van der Waals surface area contributed by atoms with Crippen LogP contribution >= 0.6 is 0 Å². The Balaban J connectivity index is 1.82. The lowest BCUT2D eigenvalue weighted by Gasteiger charge is -2.11. The number of nitrogens with one attached hydrogen (secondary N) is 2. The summed E-state index contributed by atoms with van der Waals surface area (Å²) in [5, 5.41) is 2.76. The number of aryl methyl sites for hydroxylation is 1. The van der Waals surface area contributed by atoms with E-state index < -0.39 is 11.7 Å². The van der Waals surface area contributed by atoms with Crippen LogP contribution < -0.4 is 5.32 Å². The summed E-state index contributed by atoms with van der Waals surface area (Å²) in [4.78, 5) is 19.8. The molecule has 22 heavy (non-hydrogen) atoms. The zero-order valence-corrected chi connectivity index (χ0v) is 12.4. The van der Waals surface area contributed by atoms with E-state index in [1.165, 1.54) is 12.1 Å². The summed E-state index contributed by atoms with van der Waals surface area (Å²) in [6.07, 6.45) is 0. The third-order valence-corrected chi connectivity index (χ3v) is 3.53. The molecular formula is C17H16FN3O. The minimum Gasteiger partial charge on any atom is -0.342 e. The lowest BCUT2D eigenvalue weighted by atomic mass is 10.2. The molecule has 0 aliphatic rings. The third-order valence-electron chi connectivity index (χ3n) is 3.53. The first-order valence-electron chi connectivity index (χ1n) is 7.06. The highest BCUT2D eigenvalue weighted by molar-refractivity contribution is 5.94. The Hall–Kier alpha value is -2.69. The van der Waals surface area contributed by atoms with Gasteiger partial charge in [0.15, 0.2) is 0 Å². The Labute approximate surface area is 127 Å². The molecule has 3 rings (SSSR count). The van der Waals surface area contributed by atoms with E-state index in [1.807, 2.05) is 32.0 Å². The molecule has 3 aromatic rings. The maximum Gasteiger partial charge on any atom is 0.254 e. The molecule has 0 saturated carbocycles. The van der Waals surface area contributed by atoms with Gasteiger partial charge in [0.1, 0.15) is 11.6 Å². The minimum absolute atomic E-state index is 0.0290. The van der Waals surface area contributed by atoms with Crippen LogP contribution in [0.25, 0.3) is 11.0 Å². The Kier molecular flexibility index (Phi) is 3.63. The van der Waals surface area contributed by atoms with E-state index in [9.17, 15) is 9.18 Å². The second-order valence-corrected chi connectivity index (χ2v) is 5.32. The number of H-pyrrole nitrogens is 1. The molecular weight excluding hydrogens is 281 g/mol. The molecule has 0 bridgehead atoms. The molecule has 1 aromatic heterocycles. The van der Waals surface area contributed by atoms with Crippen molar-refractivity contribution in [3.8, 4) is 0 Å². The molecule has 1 amide bonds. The fourth-order valence-corrected chi connectivity index (χ4v) is 2.34. The van der Waals surface area contributed by atoms with Crippen LogP contribution in [0.15, 0.2) is 42.5 Å². The van der Waals surface area contributed by atoms with Gasteiger partial charge in [-0.05, 0) is 43.7 Å². The van der Waals surface area contributed by atoms with Gasteiger partial charge < -0.3 is 10.3 Å². The fourth-order valence-electron chi connectivity index (χ4n) is 2.34. The largest absolute Gasteiger partial charge is 0.342 e. The average Bonchev–Trinajstić information content (AvgIpc) is 2.90. The Morgan fingerprint density at radius 1 is 1.27 bits per heavy atom. The number of carbonyl (C=O) groups excluding carboxylic acids is 1. The SMILES string of the molecule is Cc1ccc2nc([C@H](C)NC(=O)c3ccccc3F)[nH]c2c1. The van der Waals surface area contributed by atoms with Gasteiger partial charge in [0.2, 0.25) is 0 Å². The summed E-state index contributed by atoms with van der Waals surface area (Å²) < 4.78 is 13.6. The highest BCUT2D eigenvalue weighted by Crippen LogP contribution is 2.18. The second kappa shape index (κ2) is 5.60. The number of nitrogens with zero attached hydrogens (tertiary/aromatic N) is 1. The third kappa shape index (κ3) is 2.70. The monoisotopic (exact) mass is 297 g/mol. The number of hydrogen-bond donors (Lipinski definition) is 2. The molecule has 0 spiro atoms. The van der Waals surface area contributed by atoms with Gasteiger partial charge in [0.05, 0.1) is 22.6 Å². The Morgan fingerprint density at radius 3 is 2.82 bits per heavy atom. The maximum atomic E-state index is 13.6. The minimum atomic E-state index is -0.535. The smallest absolute Gasteiger partial charge is 0.254 e. The van der Waals surface area contributed by atoms with Crippen molar-refractivity contribution in [3.63, 3.8) is 0 Å². The van der Waals surface area contributed by atoms with Gasteiger partial charge in [0, 0.05) is 0 Å². The number of aromatic nitrogens is 2. The Bertz CT molecular complexity index is 841. The molecule has 0 aliphatic carbocycles. The number of fused-ring (bicyclic) bond motifs is 1. The molecule has 0 radical (unpaired) electrons. The van der Waals surface area contributed by atoms with E-state index in [-0.39, 0.29) is 11.6 Å². The van der Waals surface area contributed by atoms with Crippen LogP contribution in [0.1, 0.15) is 34.7 Å². The zero-order chi connectivity index (χ0) is 15.7. The van der Waals surface area contributed by atoms with Crippen LogP contribution in [0.2, 0.25) is 0 Å². The van der Waals surface area contributed by atoms with E-state index in [0.717, 1.165) is 16.6 Å². The van der Waals surface area contributed by atoms with Crippen LogP contribution in [0.5, 0.6) is 0 Å². The molecule has 0 unspecified atom stereocenters. The molecule has 0 saturated heterocycles. The van der Waals surface area contributed by atoms with Crippen molar-refractivity contribution in [1.29, 1.82) is 0 Å². The van der Waals surface area contributed by atoms with E-state index >= 15 is 0 Å². The van der Waals surface area contributed by atoms with Gasteiger partial charge in [-0.2, -0.15) is 0 Å². The quantitative estimate of drug-likeness (QED) is 0.777. The van der Waals surface area contributed by atoms with Crippen molar-refractivity contribution in [2.24, 2.45) is 0 Å².